The number of hydrogen-bond acceptors (Lipinski definition) is 5. The zero-order valence-electron chi connectivity index (χ0n) is 29.4. The van der Waals surface area contributed by atoms with Gasteiger partial charge in [0, 0.05) is 25.9 Å². The van der Waals surface area contributed by atoms with Crippen LogP contribution in [-0.4, -0.2) is 41.2 Å². The van der Waals surface area contributed by atoms with Gasteiger partial charge in [0.05, 0.1) is 6.54 Å². The van der Waals surface area contributed by atoms with Gasteiger partial charge in [-0.25, -0.2) is 9.79 Å². The van der Waals surface area contributed by atoms with Crippen LogP contribution in [0.15, 0.2) is 4.99 Å². The average Bonchev–Trinajstić information content (AvgIpc) is 3.00. The van der Waals surface area contributed by atoms with Crippen LogP contribution in [0.1, 0.15) is 201 Å². The second-order valence-electron chi connectivity index (χ2n) is 12.6. The molecule has 0 aromatic heterocycles. The largest absolute Gasteiger partial charge is 0.500 e. The van der Waals surface area contributed by atoms with E-state index in [1.165, 1.54) is 167 Å². The van der Waals surface area contributed by atoms with Crippen LogP contribution in [0.3, 0.4) is 0 Å². The zero-order valence-corrected chi connectivity index (χ0v) is 30.4. The number of aliphatic imine (C=N–C) groups is 1. The topological polar surface area (TPSA) is 57.1 Å². The molecule has 0 unspecified atom stereocenters. The van der Waals surface area contributed by atoms with E-state index in [1.54, 1.807) is 6.08 Å². The molecule has 0 fully saturated rings. The minimum Gasteiger partial charge on any atom is -0.374 e. The van der Waals surface area contributed by atoms with Crippen LogP contribution < -0.4 is 0 Å². The van der Waals surface area contributed by atoms with E-state index in [0.717, 1.165) is 18.9 Å². The smallest absolute Gasteiger partial charge is 0.374 e. The first-order valence-corrected chi connectivity index (χ1v) is 21.1. The van der Waals surface area contributed by atoms with Crippen molar-refractivity contribution in [1.82, 2.24) is 0 Å². The molecule has 43 heavy (non-hydrogen) atoms. The first-order valence-electron chi connectivity index (χ1n) is 19.2. The van der Waals surface area contributed by atoms with Gasteiger partial charge in [-0.3, -0.25) is 0 Å². The first-order chi connectivity index (χ1) is 21.2. The van der Waals surface area contributed by atoms with E-state index in [2.05, 4.69) is 4.99 Å². The molecule has 5 nitrogen and oxygen atoms in total. The van der Waals surface area contributed by atoms with Gasteiger partial charge in [0.25, 0.3) is 0 Å². The Bertz CT molecular complexity index is 568. The quantitative estimate of drug-likeness (QED) is 0.0298. The highest BCUT2D eigenvalue weighted by Crippen LogP contribution is 2.21. The normalized spacial score (nSPS) is 11.7. The molecule has 0 heterocycles. The van der Waals surface area contributed by atoms with Crippen LogP contribution in [0, 0.1) is 0 Å². The summed E-state index contributed by atoms with van der Waals surface area (Å²) in [6, 6.07) is 0.967. The predicted octanol–water partition coefficient (Wildman–Crippen LogP) is 12.3. The molecule has 0 saturated heterocycles. The van der Waals surface area contributed by atoms with Crippen LogP contribution in [0.2, 0.25) is 6.04 Å². The zero-order chi connectivity index (χ0) is 31.4. The molecule has 0 aromatic carbocycles. The summed E-state index contributed by atoms with van der Waals surface area (Å²) in [5.41, 5.74) is 0. The lowest BCUT2D eigenvalue weighted by Gasteiger charge is -2.28. The summed E-state index contributed by atoms with van der Waals surface area (Å²) < 4.78 is 17.9. The maximum Gasteiger partial charge on any atom is 0.500 e. The molecule has 0 aliphatic rings. The second kappa shape index (κ2) is 36.0. The van der Waals surface area contributed by atoms with Crippen molar-refractivity contribution in [3.63, 3.8) is 0 Å². The minimum atomic E-state index is -2.43. The number of rotatable bonds is 37. The Morgan fingerprint density at radius 2 is 0.628 bits per heavy atom. The standard InChI is InChI=1S/C37H75NO4Si/c1-4-40-43(41-5-2,42-6-3)36-34-32-30-28-26-24-22-20-18-16-14-12-10-8-7-9-11-13-15-17-19-21-23-25-27-29-31-33-35-38-37-39/h4-36H2,1-3H3. The molecule has 0 aliphatic carbocycles. The molecule has 0 amide bonds. The van der Waals surface area contributed by atoms with Gasteiger partial charge >= 0.3 is 8.80 Å². The van der Waals surface area contributed by atoms with Gasteiger partial charge in [0.2, 0.25) is 6.08 Å². The molecule has 0 aromatic rings. The van der Waals surface area contributed by atoms with Crippen LogP contribution in [0.4, 0.5) is 0 Å². The third-order valence-corrected chi connectivity index (χ3v) is 11.8. The van der Waals surface area contributed by atoms with E-state index < -0.39 is 8.80 Å². The Morgan fingerprint density at radius 3 is 0.860 bits per heavy atom. The van der Waals surface area contributed by atoms with Gasteiger partial charge in [0.15, 0.2) is 0 Å². The van der Waals surface area contributed by atoms with Gasteiger partial charge in [-0.1, -0.05) is 167 Å². The van der Waals surface area contributed by atoms with E-state index in [1.807, 2.05) is 20.8 Å². The summed E-state index contributed by atoms with van der Waals surface area (Å²) in [6.07, 6.45) is 40.3. The summed E-state index contributed by atoms with van der Waals surface area (Å²) in [6.45, 7) is 8.82. The van der Waals surface area contributed by atoms with Crippen molar-refractivity contribution in [3.8, 4) is 0 Å². The van der Waals surface area contributed by atoms with Crippen LogP contribution >= 0.6 is 0 Å². The number of carbonyl (C=O) groups excluding carboxylic acids is 1. The molecule has 0 rings (SSSR count). The van der Waals surface area contributed by atoms with Crippen molar-refractivity contribution in [1.29, 1.82) is 0 Å². The van der Waals surface area contributed by atoms with E-state index in [9.17, 15) is 4.79 Å². The Kier molecular flexibility index (Phi) is 35.5. The van der Waals surface area contributed by atoms with Crippen molar-refractivity contribution in [2.75, 3.05) is 26.4 Å². The Balaban J connectivity index is 3.25. The van der Waals surface area contributed by atoms with Crippen LogP contribution in [0.25, 0.3) is 0 Å². The number of hydrogen-bond donors (Lipinski definition) is 0. The fraction of sp³-hybridized carbons (Fsp3) is 0.973. The van der Waals surface area contributed by atoms with Crippen molar-refractivity contribution >= 4 is 14.9 Å². The predicted molar refractivity (Wildman–Crippen MR) is 188 cm³/mol. The summed E-state index contributed by atoms with van der Waals surface area (Å²) in [5.74, 6) is 0. The summed E-state index contributed by atoms with van der Waals surface area (Å²) >= 11 is 0. The van der Waals surface area contributed by atoms with Crippen molar-refractivity contribution in [2.24, 2.45) is 4.99 Å². The molecular weight excluding hydrogens is 550 g/mol. The Labute approximate surface area is 270 Å². The van der Waals surface area contributed by atoms with Gasteiger partial charge in [-0.2, -0.15) is 0 Å². The van der Waals surface area contributed by atoms with Crippen LogP contribution in [0.5, 0.6) is 0 Å². The lowest BCUT2D eigenvalue weighted by molar-refractivity contribution is 0.0706. The fourth-order valence-electron chi connectivity index (χ4n) is 6.18. The van der Waals surface area contributed by atoms with E-state index >= 15 is 0 Å². The SMILES string of the molecule is CCO[Si](CCCCCCCCCCCCCCCCCCCCCCCCCCCCCCN=C=O)(OCC)OCC. The van der Waals surface area contributed by atoms with Gasteiger partial charge in [-0.15, -0.1) is 0 Å². The van der Waals surface area contributed by atoms with E-state index in [4.69, 9.17) is 13.3 Å². The molecule has 0 N–H and O–H groups in total. The van der Waals surface area contributed by atoms with E-state index in [0.29, 0.717) is 26.4 Å². The average molecular weight is 626 g/mol. The lowest BCUT2D eigenvalue weighted by atomic mass is 10.0. The molecule has 0 saturated carbocycles. The lowest BCUT2D eigenvalue weighted by Crippen LogP contribution is -2.45. The van der Waals surface area contributed by atoms with Gasteiger partial charge in [0.1, 0.15) is 0 Å². The van der Waals surface area contributed by atoms with Gasteiger partial charge < -0.3 is 13.3 Å². The molecule has 0 atom stereocenters. The molecular formula is C37H75NO4Si. The Morgan fingerprint density at radius 1 is 0.395 bits per heavy atom. The highest BCUT2D eigenvalue weighted by molar-refractivity contribution is 6.60. The number of nitrogens with zero attached hydrogens (tertiary/aromatic N) is 1. The van der Waals surface area contributed by atoms with Crippen molar-refractivity contribution in [2.45, 2.75) is 207 Å². The number of unbranched alkanes of at least 4 members (excludes halogenated alkanes) is 27. The van der Waals surface area contributed by atoms with Crippen molar-refractivity contribution < 1.29 is 18.1 Å². The van der Waals surface area contributed by atoms with Crippen molar-refractivity contribution in [3.05, 3.63) is 0 Å². The summed E-state index contributed by atoms with van der Waals surface area (Å²) in [4.78, 5) is 13.6. The molecule has 0 spiro atoms. The third kappa shape index (κ3) is 31.3. The summed E-state index contributed by atoms with van der Waals surface area (Å²) in [5, 5.41) is 0. The Hall–Kier alpha value is -0.523. The second-order valence-corrected chi connectivity index (χ2v) is 15.3. The monoisotopic (exact) mass is 626 g/mol. The maximum atomic E-state index is 10.0. The third-order valence-electron chi connectivity index (χ3n) is 8.66. The number of isocyanates is 1. The van der Waals surface area contributed by atoms with Gasteiger partial charge in [-0.05, 0) is 33.6 Å². The highest BCUT2D eigenvalue weighted by atomic mass is 28.4. The molecule has 256 valence electrons. The molecule has 6 heteroatoms. The molecule has 0 aliphatic heterocycles. The summed E-state index contributed by atoms with van der Waals surface area (Å²) in [7, 11) is -2.43. The maximum absolute atomic E-state index is 10.0. The van der Waals surface area contributed by atoms with E-state index in [-0.39, 0.29) is 0 Å². The minimum absolute atomic E-state index is 0.664. The van der Waals surface area contributed by atoms with Crippen LogP contribution in [-0.2, 0) is 18.1 Å². The highest BCUT2D eigenvalue weighted by Gasteiger charge is 2.39. The molecule has 0 bridgehead atoms. The molecule has 0 radical (unpaired) electrons. The first kappa shape index (κ1) is 42.5. The fourth-order valence-corrected chi connectivity index (χ4v) is 8.86.